The van der Waals surface area contributed by atoms with Gasteiger partial charge in [-0.25, -0.2) is 15.0 Å². The van der Waals surface area contributed by atoms with Gasteiger partial charge in [0, 0.05) is 131 Å². The molecule has 30 rings (SSSR count). The van der Waals surface area contributed by atoms with Crippen molar-refractivity contribution in [2.45, 2.75) is 6.42 Å². The number of hydrogen-bond donors (Lipinski definition) is 2. The van der Waals surface area contributed by atoms with Crippen molar-refractivity contribution < 1.29 is 10.0 Å². The monoisotopic (exact) mass is 2030 g/mol. The van der Waals surface area contributed by atoms with Crippen LogP contribution in [0.5, 0.6) is 0 Å². The number of fused-ring (bicyclic) bond motifs is 24. The molecule has 9 nitrogen and oxygen atoms in total. The van der Waals surface area contributed by atoms with Gasteiger partial charge in [-0.05, 0) is 209 Å². The Labute approximate surface area is 870 Å². The summed E-state index contributed by atoms with van der Waals surface area (Å²) in [5.74, 6) is 1.86. The average molecular weight is 2030 g/mol. The largest absolute Gasteiger partial charge is 0.489 e. The van der Waals surface area contributed by atoms with E-state index in [1.165, 1.54) is 157 Å². The maximum atomic E-state index is 9.36. The second kappa shape index (κ2) is 38.0. The molecule has 0 bridgehead atoms. The van der Waals surface area contributed by atoms with Crippen molar-refractivity contribution in [2.24, 2.45) is 0 Å². The van der Waals surface area contributed by atoms with E-state index in [2.05, 4.69) is 459 Å². The van der Waals surface area contributed by atoms with Crippen LogP contribution in [0.15, 0.2) is 484 Å². The van der Waals surface area contributed by atoms with E-state index in [-0.39, 0.29) is 0 Å². The molecule has 0 radical (unpaired) electrons. The third-order valence-electron chi connectivity index (χ3n) is 28.1. The summed E-state index contributed by atoms with van der Waals surface area (Å²) in [7, 11) is -1.47. The molecule has 146 heavy (non-hydrogen) atoms. The van der Waals surface area contributed by atoms with Crippen molar-refractivity contribution in [3.8, 4) is 90.0 Å². The van der Waals surface area contributed by atoms with Crippen molar-refractivity contribution in [1.29, 1.82) is 0 Å². The zero-order valence-corrected chi connectivity index (χ0v) is 83.8. The van der Waals surface area contributed by atoms with E-state index in [1.54, 1.807) is 23.5 Å². The molecule has 1 aliphatic carbocycles. The van der Waals surface area contributed by atoms with Crippen LogP contribution in [0, 0.1) is 0 Å². The highest BCUT2D eigenvalue weighted by Gasteiger charge is 2.28. The molecule has 0 saturated heterocycles. The van der Waals surface area contributed by atoms with Crippen LogP contribution in [0.4, 0.5) is 0 Å². The lowest BCUT2D eigenvalue weighted by Gasteiger charge is -2.15. The first-order valence-electron chi connectivity index (χ1n) is 48.5. The van der Waals surface area contributed by atoms with E-state index >= 15 is 0 Å². The van der Waals surface area contributed by atoms with E-state index in [4.69, 9.17) is 38.2 Å². The number of nitrogens with zero attached hydrogens (tertiary/aromatic N) is 7. The molecule has 22 aromatic carbocycles. The molecule has 7 heterocycles. The van der Waals surface area contributed by atoms with Crippen molar-refractivity contribution in [2.75, 3.05) is 0 Å². The Morgan fingerprint density at radius 2 is 0.575 bits per heavy atom. The van der Waals surface area contributed by atoms with E-state index < -0.39 is 7.12 Å². The fourth-order valence-corrected chi connectivity index (χ4v) is 26.2. The first kappa shape index (κ1) is 89.6. The van der Waals surface area contributed by atoms with Gasteiger partial charge < -0.3 is 14.6 Å². The maximum Gasteiger partial charge on any atom is 0.489 e. The summed E-state index contributed by atoms with van der Waals surface area (Å²) >= 11 is 21.8. The van der Waals surface area contributed by atoms with Crippen LogP contribution >= 0.6 is 73.1 Å². The molecule has 0 aliphatic heterocycles. The Morgan fingerprint density at radius 3 is 1.01 bits per heavy atom. The molecule has 29 aromatic rings. The highest BCUT2D eigenvalue weighted by molar-refractivity contribution is 9.10. The van der Waals surface area contributed by atoms with E-state index in [0.29, 0.717) is 10.5 Å². The molecular weight excluding hydrogens is 1950 g/mol. The van der Waals surface area contributed by atoms with E-state index in [1.807, 2.05) is 53.8 Å². The molecule has 7 aromatic heterocycles. The molecular formula is C130H83BBrCl2N7O2S3. The second-order valence-corrected chi connectivity index (χ2v) is 41.1. The minimum Gasteiger partial charge on any atom is -0.423 e. The fraction of sp³-hybridized carbons (Fsp3) is 0.00769. The zero-order chi connectivity index (χ0) is 97.6. The number of rotatable bonds is 10. The lowest BCUT2D eigenvalue weighted by molar-refractivity contribution is 0.426. The predicted molar refractivity (Wildman–Crippen MR) is 625 cm³/mol. The molecule has 0 fully saturated rings. The molecule has 1 aliphatic rings. The SMILES string of the molecule is Brc1nc2ccc3ccccc3c2n1-c1ccc(-c2ccccc2)cc1.Clc1ccc(-c2nc3ccc4ccccc4c3n2-c2ccc(-c3ccccc3)cc2)c2sc3ccccc3c12.OB(O)c1ccc(Cl)c2c1sc1ccccc12.c1ccc(-c2ccc(-n3c(-c4ccc(-n5c6ccccc6c6ccccc65)c5c4sc4ccccc45)nc4ccc5ccccc5c43)cc2)cc1.c1ccc2c(c1)Cc1ccccc1-2. The topological polar surface area (TPSA) is 98.9 Å². The molecule has 692 valence electrons. The Bertz CT molecular complexity index is 10000. The van der Waals surface area contributed by atoms with Crippen molar-refractivity contribution in [3.05, 3.63) is 505 Å². The Kier molecular flexibility index (Phi) is 23.3. The lowest BCUT2D eigenvalue weighted by atomic mass is 9.80. The zero-order valence-electron chi connectivity index (χ0n) is 78.3. The number of benzene rings is 22. The number of para-hydroxylation sites is 2. The van der Waals surface area contributed by atoms with Crippen LogP contribution in [0.2, 0.25) is 10.0 Å². The lowest BCUT2D eigenvalue weighted by Crippen LogP contribution is -2.29. The van der Waals surface area contributed by atoms with Gasteiger partial charge in [-0.1, -0.05) is 387 Å². The molecule has 16 heteroatoms. The normalized spacial score (nSPS) is 11.7. The van der Waals surface area contributed by atoms with Crippen molar-refractivity contribution in [3.63, 3.8) is 0 Å². The predicted octanol–water partition coefficient (Wildman–Crippen LogP) is 35.8. The first-order valence-corrected chi connectivity index (χ1v) is 52.5. The minimum absolute atomic E-state index is 0.505. The molecule has 0 atom stereocenters. The van der Waals surface area contributed by atoms with Crippen molar-refractivity contribution >= 4 is 233 Å². The summed E-state index contributed by atoms with van der Waals surface area (Å²) in [5.41, 5.74) is 28.9. The second-order valence-electron chi connectivity index (χ2n) is 36.5. The number of halogens is 3. The first-order chi connectivity index (χ1) is 72.0. The number of imidazole rings is 3. The van der Waals surface area contributed by atoms with Gasteiger partial charge >= 0.3 is 7.12 Å². The van der Waals surface area contributed by atoms with Gasteiger partial charge in [-0.3, -0.25) is 13.7 Å². The summed E-state index contributed by atoms with van der Waals surface area (Å²) in [6.45, 7) is 0. The molecule has 0 spiro atoms. The standard InChI is InChI=1S/C47H29N3S.C35H21ClN2S.C23H15BrN2.C13H10.C12H8BClO2S/c1-2-12-30(13-3-1)31-22-25-33(26-23-31)49-45-34-15-5-4-14-32(34)24-28-39(45)48-47(49)38-27-29-42(44-37-18-8-11-21-43(37)51-46(38)44)50-40-19-9-6-16-35(40)36-17-7-10-20-41(36)50;36-29-20-19-28(34-32(29)27-12-6-7-13-31(27)39-34)35-37-30-21-16-24-10-4-5-11-26(24)33(30)38(35)25-17-14-23(15-18-25)22-8-2-1-3-9-22;24-23-25-21-15-12-18-8-4-5-9-20(18)22(21)26(23)19-13-10-17(11-14-19)16-6-2-1-3-7-16;1-3-7-12-10(5-1)9-11-6-2-4-8-13(11)12;14-9-6-5-8(13(15)16)12-11(9)7-3-1-2-4-10(7)17-12/h1-29H;1-21H;1-15H;1-8H,9H2;1-6,15-16H. The summed E-state index contributed by atoms with van der Waals surface area (Å²) in [6.07, 6.45) is 1.10. The number of hydrogen-bond acceptors (Lipinski definition) is 8. The van der Waals surface area contributed by atoms with Crippen LogP contribution in [0.3, 0.4) is 0 Å². The van der Waals surface area contributed by atoms with Gasteiger partial charge in [0.25, 0.3) is 0 Å². The van der Waals surface area contributed by atoms with Crippen LogP contribution in [0.1, 0.15) is 11.1 Å². The van der Waals surface area contributed by atoms with Crippen LogP contribution in [-0.4, -0.2) is 50.4 Å². The van der Waals surface area contributed by atoms with Crippen LogP contribution in [-0.2, 0) is 6.42 Å². The van der Waals surface area contributed by atoms with Gasteiger partial charge in [0.2, 0.25) is 0 Å². The third-order valence-corrected chi connectivity index (χ3v) is 32.8. The molecule has 2 N–H and O–H groups in total. The van der Waals surface area contributed by atoms with Gasteiger partial charge in [0.1, 0.15) is 11.6 Å². The van der Waals surface area contributed by atoms with Gasteiger partial charge in [0.15, 0.2) is 4.73 Å². The van der Waals surface area contributed by atoms with Gasteiger partial charge in [-0.2, -0.15) is 0 Å². The summed E-state index contributed by atoms with van der Waals surface area (Å²) in [5, 5.41) is 36.6. The Hall–Kier alpha value is -16.5. The maximum absolute atomic E-state index is 9.36. The Balaban J connectivity index is 0.000000100. The molecule has 0 amide bonds. The van der Waals surface area contributed by atoms with Crippen LogP contribution in [0.25, 0.3) is 238 Å². The number of aromatic nitrogens is 7. The van der Waals surface area contributed by atoms with E-state index in [0.717, 1.165) is 119 Å². The fourth-order valence-electron chi connectivity index (χ4n) is 21.3. The molecule has 0 unspecified atom stereocenters. The minimum atomic E-state index is -1.47. The summed E-state index contributed by atoms with van der Waals surface area (Å²) in [4.78, 5) is 15.4. The van der Waals surface area contributed by atoms with Gasteiger partial charge in [0.05, 0.1) is 49.8 Å². The van der Waals surface area contributed by atoms with Gasteiger partial charge in [-0.15, -0.1) is 34.0 Å². The third kappa shape index (κ3) is 16.0. The quantitative estimate of drug-likeness (QED) is 0.133. The van der Waals surface area contributed by atoms with Crippen LogP contribution < -0.4 is 5.46 Å². The summed E-state index contributed by atoms with van der Waals surface area (Å²) in [6, 6.07) is 168. The highest BCUT2D eigenvalue weighted by atomic mass is 79.9. The number of thiophene rings is 3. The molecule has 0 saturated carbocycles. The average Bonchev–Trinajstić information content (AvgIpc) is 1.56. The Morgan fingerprint density at radius 1 is 0.253 bits per heavy atom. The summed E-state index contributed by atoms with van der Waals surface area (Å²) < 4.78 is 17.0. The van der Waals surface area contributed by atoms with Crippen molar-refractivity contribution in [1.82, 2.24) is 33.2 Å². The highest BCUT2D eigenvalue weighted by Crippen LogP contribution is 2.50. The smallest absolute Gasteiger partial charge is 0.423 e. The van der Waals surface area contributed by atoms with E-state index in [9.17, 15) is 10.0 Å².